The van der Waals surface area contributed by atoms with E-state index < -0.39 is 69.7 Å². The van der Waals surface area contributed by atoms with Crippen LogP contribution in [0, 0.1) is 11.8 Å². The average molecular weight is 604 g/mol. The summed E-state index contributed by atoms with van der Waals surface area (Å²) in [5.41, 5.74) is 1.96. The van der Waals surface area contributed by atoms with E-state index in [-0.39, 0.29) is 47.2 Å². The number of aliphatic hydroxyl groups is 3. The molecule has 0 saturated carbocycles. The minimum Gasteiger partial charge on any atom is -0.510 e. The number of nitrogens with two attached hydrogens (primary N) is 1. The van der Waals surface area contributed by atoms with E-state index in [9.17, 15) is 39.6 Å². The first-order chi connectivity index (χ1) is 19.3. The molecule has 0 aromatic heterocycles. The number of aliphatic hydroxyl groups excluding tert-OH is 2. The molecule has 0 saturated heterocycles. The summed E-state index contributed by atoms with van der Waals surface area (Å²) in [6.45, 7) is 5.60. The maximum atomic E-state index is 14.1. The zero-order valence-corrected chi connectivity index (χ0v) is 25.3. The molecule has 0 heterocycles. The van der Waals surface area contributed by atoms with Gasteiger partial charge in [-0.2, -0.15) is 0 Å². The number of ketones is 2. The number of carbonyl (C=O) groups is 4. The minimum atomic E-state index is -2.73. The third kappa shape index (κ3) is 5.35. The molecule has 0 spiro atoms. The zero-order chi connectivity index (χ0) is 31.6. The van der Waals surface area contributed by atoms with E-state index >= 15 is 0 Å². The first-order valence-electron chi connectivity index (χ1n) is 13.6. The van der Waals surface area contributed by atoms with Gasteiger partial charge in [0, 0.05) is 36.8 Å². The van der Waals surface area contributed by atoms with Crippen molar-refractivity contribution >= 4 is 34.8 Å². The number of Topliss-reactive ketones (excluding diaryl/α,β-unsaturated/α-hetero) is 2. The Morgan fingerprint density at radius 2 is 1.72 bits per heavy atom. The van der Waals surface area contributed by atoms with Gasteiger partial charge in [-0.3, -0.25) is 24.1 Å². The largest absolute Gasteiger partial charge is 0.510 e. The number of nitrogens with zero attached hydrogens (tertiary/aromatic N) is 2. The van der Waals surface area contributed by atoms with Crippen LogP contribution in [0.15, 0.2) is 28.7 Å². The van der Waals surface area contributed by atoms with Gasteiger partial charge < -0.3 is 47.2 Å². The Morgan fingerprint density at radius 3 is 2.23 bits per heavy atom. The fraction of sp³-hybridized carbons (Fsp3) is 0.517. The van der Waals surface area contributed by atoms with Crippen molar-refractivity contribution in [2.75, 3.05) is 45.0 Å². The number of anilines is 2. The summed E-state index contributed by atoms with van der Waals surface area (Å²) in [6, 6.07) is 0.487. The summed E-state index contributed by atoms with van der Waals surface area (Å²) in [5, 5.41) is 51.1. The molecule has 0 fully saturated rings. The lowest BCUT2D eigenvalue weighted by molar-refractivity contribution is -0.148. The van der Waals surface area contributed by atoms with Crippen LogP contribution in [-0.2, 0) is 20.8 Å². The van der Waals surface area contributed by atoms with Crippen LogP contribution in [-0.4, -0.2) is 106 Å². The zero-order valence-electron chi connectivity index (χ0n) is 25.3. The second-order valence-corrected chi connectivity index (χ2v) is 12.7. The Labute approximate surface area is 249 Å². The minimum absolute atomic E-state index is 0. The van der Waals surface area contributed by atoms with E-state index in [0.717, 1.165) is 0 Å². The number of hydrogen-bond donors (Lipinski definition) is 7. The van der Waals surface area contributed by atoms with Crippen LogP contribution in [0.25, 0.3) is 0 Å². The molecule has 14 nitrogen and oxygen atoms in total. The smallest absolute Gasteiger partial charge is 0.255 e. The van der Waals surface area contributed by atoms with Gasteiger partial charge in [0.25, 0.3) is 5.91 Å². The molecular weight excluding hydrogens is 562 g/mol. The molecule has 43 heavy (non-hydrogen) atoms. The van der Waals surface area contributed by atoms with Crippen molar-refractivity contribution in [3.63, 3.8) is 0 Å². The van der Waals surface area contributed by atoms with Crippen LogP contribution in [0.3, 0.4) is 0 Å². The van der Waals surface area contributed by atoms with Gasteiger partial charge in [0.1, 0.15) is 17.1 Å². The molecule has 14 heteroatoms. The lowest BCUT2D eigenvalue weighted by atomic mass is 9.58. The number of benzene rings is 1. The van der Waals surface area contributed by atoms with Crippen molar-refractivity contribution in [2.45, 2.75) is 50.8 Å². The van der Waals surface area contributed by atoms with E-state index in [4.69, 9.17) is 5.73 Å². The highest BCUT2D eigenvalue weighted by molar-refractivity contribution is 6.25. The van der Waals surface area contributed by atoms with Crippen LogP contribution < -0.4 is 21.3 Å². The quantitative estimate of drug-likeness (QED) is 0.164. The summed E-state index contributed by atoms with van der Waals surface area (Å²) in [5.74, 6) is -7.79. The van der Waals surface area contributed by atoms with Crippen molar-refractivity contribution in [3.05, 3.63) is 39.9 Å². The number of phenols is 1. The van der Waals surface area contributed by atoms with Gasteiger partial charge in [0.05, 0.1) is 23.8 Å². The van der Waals surface area contributed by atoms with Gasteiger partial charge in [-0.1, -0.05) is 0 Å². The summed E-state index contributed by atoms with van der Waals surface area (Å²) in [6.07, 6.45) is 0.117. The average Bonchev–Trinajstić information content (AvgIpc) is 2.85. The summed E-state index contributed by atoms with van der Waals surface area (Å²) in [7, 11) is 6.62. The molecule has 0 radical (unpaired) electrons. The molecule has 0 aliphatic heterocycles. The Morgan fingerprint density at radius 1 is 1.12 bits per heavy atom. The van der Waals surface area contributed by atoms with Crippen molar-refractivity contribution < 1.29 is 45.1 Å². The number of primary amides is 1. The van der Waals surface area contributed by atoms with E-state index in [1.807, 2.05) is 20.8 Å². The molecule has 10 N–H and O–H groups in total. The van der Waals surface area contributed by atoms with Crippen LogP contribution in [0.2, 0.25) is 0 Å². The number of amides is 2. The molecule has 2 amide bonds. The number of fused-ring (bicyclic) bond motifs is 3. The molecule has 3 aliphatic rings. The van der Waals surface area contributed by atoms with Gasteiger partial charge in [-0.15, -0.1) is 0 Å². The number of rotatable bonds is 6. The molecule has 236 valence electrons. The lowest BCUT2D eigenvalue weighted by Gasteiger charge is -2.50. The van der Waals surface area contributed by atoms with Crippen molar-refractivity contribution in [1.82, 2.24) is 10.2 Å². The standard InChI is InChI=1S/C29H39N5O8.H2O/c1-28(2,3)31-11-17(35)32-15-10-16(33(4)5)13-8-12-9-14-21(34(6)7)24(38)20(27(30)41)26(40)29(14,42)25(39)18(12)23(37)19(13)22(15)36;/h10,12,14,21,31,36,38-39,42H,8-9,11H2,1-7H3,(H2,30,41)(H,32,35);1H2/t12-,14+,21-,29-;/m0./s1. The van der Waals surface area contributed by atoms with Gasteiger partial charge >= 0.3 is 0 Å². The number of hydrogen-bond acceptors (Lipinski definition) is 11. The third-order valence-corrected chi connectivity index (χ3v) is 8.23. The second-order valence-electron chi connectivity index (χ2n) is 12.7. The normalized spacial score (nSPS) is 25.1. The van der Waals surface area contributed by atoms with Gasteiger partial charge in [-0.05, 0) is 65.3 Å². The van der Waals surface area contributed by atoms with Crippen molar-refractivity contribution in [3.8, 4) is 5.75 Å². The Kier molecular flexibility index (Phi) is 8.78. The maximum Gasteiger partial charge on any atom is 0.255 e. The summed E-state index contributed by atoms with van der Waals surface area (Å²) in [4.78, 5) is 55.6. The van der Waals surface area contributed by atoms with E-state index in [1.54, 1.807) is 39.2 Å². The number of carbonyl (C=O) groups excluding carboxylic acids is 4. The van der Waals surface area contributed by atoms with Crippen LogP contribution in [0.4, 0.5) is 11.4 Å². The van der Waals surface area contributed by atoms with E-state index in [2.05, 4.69) is 10.6 Å². The highest BCUT2D eigenvalue weighted by Crippen LogP contribution is 2.53. The number of phenolic OH excluding ortho intramolecular Hbond substituents is 1. The lowest BCUT2D eigenvalue weighted by Crippen LogP contribution is -2.63. The molecule has 1 aromatic carbocycles. The van der Waals surface area contributed by atoms with Crippen LogP contribution in [0.1, 0.15) is 43.1 Å². The molecule has 4 rings (SSSR count). The number of allylic oxidation sites excluding steroid dienone is 1. The highest BCUT2D eigenvalue weighted by atomic mass is 16.3. The van der Waals surface area contributed by atoms with Gasteiger partial charge in [0.2, 0.25) is 11.7 Å². The monoisotopic (exact) mass is 603 g/mol. The van der Waals surface area contributed by atoms with Gasteiger partial charge in [0.15, 0.2) is 17.1 Å². The van der Waals surface area contributed by atoms with Gasteiger partial charge in [-0.25, -0.2) is 0 Å². The Balaban J connectivity index is 0.00000506. The highest BCUT2D eigenvalue weighted by Gasteiger charge is 2.63. The fourth-order valence-corrected chi connectivity index (χ4v) is 6.33. The topological polar surface area (TPSA) is 237 Å². The molecule has 1 aromatic rings. The number of nitrogens with one attached hydrogen (secondary N) is 2. The first-order valence-corrected chi connectivity index (χ1v) is 13.6. The predicted octanol–water partition coefficient (Wildman–Crippen LogP) is -0.311. The van der Waals surface area contributed by atoms with Crippen LogP contribution in [0.5, 0.6) is 5.75 Å². The summed E-state index contributed by atoms with van der Waals surface area (Å²) >= 11 is 0. The molecule has 0 bridgehead atoms. The first kappa shape index (κ1) is 33.5. The number of likely N-dealkylation sites (N-methyl/N-ethyl adjacent to an activating group) is 1. The Bertz CT molecular complexity index is 1460. The second kappa shape index (κ2) is 11.3. The van der Waals surface area contributed by atoms with Crippen molar-refractivity contribution in [1.29, 1.82) is 0 Å². The molecule has 4 atom stereocenters. The third-order valence-electron chi connectivity index (χ3n) is 8.23. The number of aromatic hydroxyl groups is 1. The SMILES string of the molecule is CN(C)c1cc(NC(=O)CNC(C)(C)C)c(O)c2c1C[C@H]1C[C@@H]3[C@H](N(C)C)C(O)=C(C(N)=O)C(=O)[C@@]3(O)C(O)=C1C2=O.O. The van der Waals surface area contributed by atoms with E-state index in [0.29, 0.717) is 11.3 Å². The summed E-state index contributed by atoms with van der Waals surface area (Å²) < 4.78 is 0. The molecular formula is C29H41N5O9. The maximum absolute atomic E-state index is 14.1. The predicted molar refractivity (Wildman–Crippen MR) is 158 cm³/mol. The van der Waals surface area contributed by atoms with Crippen LogP contribution >= 0.6 is 0 Å². The van der Waals surface area contributed by atoms with E-state index in [1.165, 1.54) is 4.90 Å². The fourth-order valence-electron chi connectivity index (χ4n) is 6.33. The van der Waals surface area contributed by atoms with Crippen molar-refractivity contribution in [2.24, 2.45) is 17.6 Å². The molecule has 0 unspecified atom stereocenters. The Hall–Kier alpha value is -3.98. The molecule has 3 aliphatic carbocycles.